The van der Waals surface area contributed by atoms with Crippen LogP contribution in [0.3, 0.4) is 0 Å². The molecular formula is C24H28N2O7. The van der Waals surface area contributed by atoms with Crippen molar-refractivity contribution in [3.05, 3.63) is 59.7 Å². The molecule has 0 saturated carbocycles. The second-order valence-electron chi connectivity index (χ2n) is 7.70. The van der Waals surface area contributed by atoms with Gasteiger partial charge in [0.1, 0.15) is 12.6 Å². The number of rotatable bonds is 10. The van der Waals surface area contributed by atoms with Crippen LogP contribution in [0.15, 0.2) is 48.5 Å². The summed E-state index contributed by atoms with van der Waals surface area (Å²) in [6.07, 6.45) is -2.67. The van der Waals surface area contributed by atoms with Crippen molar-refractivity contribution in [2.75, 3.05) is 27.4 Å². The highest BCUT2D eigenvalue weighted by Crippen LogP contribution is 2.44. The van der Waals surface area contributed by atoms with E-state index in [-0.39, 0.29) is 19.1 Å². The van der Waals surface area contributed by atoms with Crippen molar-refractivity contribution < 1.29 is 33.7 Å². The van der Waals surface area contributed by atoms with Gasteiger partial charge < -0.3 is 30.0 Å². The molecule has 0 heterocycles. The molecule has 9 heteroatoms. The van der Waals surface area contributed by atoms with Crippen LogP contribution in [-0.4, -0.2) is 68.7 Å². The molecule has 1 aliphatic rings. The van der Waals surface area contributed by atoms with E-state index in [1.165, 1.54) is 14.2 Å². The molecule has 0 aliphatic heterocycles. The molecule has 2 amide bonds. The third kappa shape index (κ3) is 5.50. The molecule has 0 radical (unpaired) electrons. The number of carbonyl (C=O) groups excluding carboxylic acids is 2. The summed E-state index contributed by atoms with van der Waals surface area (Å²) in [4.78, 5) is 36.3. The lowest BCUT2D eigenvalue weighted by Gasteiger charge is -2.24. The summed E-state index contributed by atoms with van der Waals surface area (Å²) >= 11 is 0. The minimum atomic E-state index is -1.21. The van der Waals surface area contributed by atoms with Crippen molar-refractivity contribution in [3.8, 4) is 11.1 Å². The van der Waals surface area contributed by atoms with Gasteiger partial charge in [-0.1, -0.05) is 48.5 Å². The van der Waals surface area contributed by atoms with E-state index in [9.17, 15) is 14.4 Å². The molecule has 0 aromatic heterocycles. The lowest BCUT2D eigenvalue weighted by atomic mass is 9.98. The lowest BCUT2D eigenvalue weighted by molar-refractivity contribution is -0.148. The molecule has 33 heavy (non-hydrogen) atoms. The van der Waals surface area contributed by atoms with Crippen LogP contribution >= 0.6 is 0 Å². The maximum atomic E-state index is 12.6. The van der Waals surface area contributed by atoms with Crippen LogP contribution < -0.4 is 10.6 Å². The van der Waals surface area contributed by atoms with E-state index in [1.54, 1.807) is 6.92 Å². The number of hydrogen-bond acceptors (Lipinski definition) is 6. The third-order valence-corrected chi connectivity index (χ3v) is 5.76. The molecular weight excluding hydrogens is 428 g/mol. The number of alkyl carbamates (subject to hydrolysis) is 1. The largest absolute Gasteiger partial charge is 0.479 e. The fourth-order valence-electron chi connectivity index (χ4n) is 3.87. The van der Waals surface area contributed by atoms with Crippen LogP contribution in [-0.2, 0) is 23.8 Å². The molecule has 0 bridgehead atoms. The first-order chi connectivity index (χ1) is 15.9. The highest BCUT2D eigenvalue weighted by atomic mass is 16.5. The molecule has 0 spiro atoms. The number of aliphatic carboxylic acids is 1. The normalized spacial score (nSPS) is 15.0. The van der Waals surface area contributed by atoms with E-state index in [0.29, 0.717) is 0 Å². The van der Waals surface area contributed by atoms with Gasteiger partial charge in [-0.25, -0.2) is 9.59 Å². The van der Waals surface area contributed by atoms with Gasteiger partial charge in [0, 0.05) is 20.1 Å². The predicted molar refractivity (Wildman–Crippen MR) is 120 cm³/mol. The number of fused-ring (bicyclic) bond motifs is 3. The summed E-state index contributed by atoms with van der Waals surface area (Å²) in [5, 5.41) is 14.0. The zero-order valence-electron chi connectivity index (χ0n) is 18.7. The van der Waals surface area contributed by atoms with Crippen molar-refractivity contribution in [3.63, 3.8) is 0 Å². The summed E-state index contributed by atoms with van der Waals surface area (Å²) in [6.45, 7) is 1.45. The van der Waals surface area contributed by atoms with Crippen molar-refractivity contribution in [2.45, 2.75) is 31.1 Å². The van der Waals surface area contributed by atoms with Crippen LogP contribution in [0.1, 0.15) is 24.0 Å². The van der Waals surface area contributed by atoms with Crippen molar-refractivity contribution >= 4 is 18.0 Å². The van der Waals surface area contributed by atoms with Gasteiger partial charge >= 0.3 is 12.1 Å². The molecule has 176 valence electrons. The first kappa shape index (κ1) is 24.2. The van der Waals surface area contributed by atoms with Gasteiger partial charge in [0.2, 0.25) is 5.91 Å². The Balaban J connectivity index is 1.64. The summed E-state index contributed by atoms with van der Waals surface area (Å²) in [5.74, 6) is -1.94. The van der Waals surface area contributed by atoms with E-state index in [0.717, 1.165) is 22.3 Å². The first-order valence-electron chi connectivity index (χ1n) is 10.5. The number of methoxy groups -OCH3 is 2. The quantitative estimate of drug-likeness (QED) is 0.501. The van der Waals surface area contributed by atoms with Crippen LogP contribution in [0, 0.1) is 0 Å². The van der Waals surface area contributed by atoms with E-state index in [1.807, 2.05) is 48.5 Å². The SMILES string of the molecule is COC(CNC(=O)C(NC(=O)OCC1c2ccccc2-c2ccccc21)C(C)OC)C(=O)O. The smallest absolute Gasteiger partial charge is 0.407 e. The fourth-order valence-corrected chi connectivity index (χ4v) is 3.87. The molecule has 3 N–H and O–H groups in total. The third-order valence-electron chi connectivity index (χ3n) is 5.76. The average molecular weight is 456 g/mol. The van der Waals surface area contributed by atoms with E-state index < -0.39 is 36.2 Å². The second kappa shape index (κ2) is 10.9. The molecule has 3 atom stereocenters. The minimum absolute atomic E-state index is 0.0975. The Morgan fingerprint density at radius 3 is 2.06 bits per heavy atom. The van der Waals surface area contributed by atoms with E-state index in [2.05, 4.69) is 10.6 Å². The van der Waals surface area contributed by atoms with Gasteiger partial charge in [0.05, 0.1) is 12.6 Å². The van der Waals surface area contributed by atoms with Crippen molar-refractivity contribution in [1.82, 2.24) is 10.6 Å². The lowest BCUT2D eigenvalue weighted by Crippen LogP contribution is -2.54. The Hall–Kier alpha value is -3.43. The van der Waals surface area contributed by atoms with Gasteiger partial charge in [-0.15, -0.1) is 0 Å². The monoisotopic (exact) mass is 456 g/mol. The summed E-state index contributed by atoms with van der Waals surface area (Å²) in [7, 11) is 2.63. The number of ether oxygens (including phenoxy) is 3. The minimum Gasteiger partial charge on any atom is -0.479 e. The van der Waals surface area contributed by atoms with Gasteiger partial charge in [0.15, 0.2) is 6.10 Å². The molecule has 0 fully saturated rings. The molecule has 2 aromatic rings. The molecule has 3 unspecified atom stereocenters. The first-order valence-corrected chi connectivity index (χ1v) is 10.5. The Morgan fingerprint density at radius 1 is 0.970 bits per heavy atom. The number of amides is 2. The molecule has 9 nitrogen and oxygen atoms in total. The average Bonchev–Trinajstić information content (AvgIpc) is 3.14. The zero-order valence-corrected chi connectivity index (χ0v) is 18.7. The summed E-state index contributed by atoms with van der Waals surface area (Å²) in [5.41, 5.74) is 4.37. The van der Waals surface area contributed by atoms with Crippen LogP contribution in [0.25, 0.3) is 11.1 Å². The maximum Gasteiger partial charge on any atom is 0.407 e. The number of benzene rings is 2. The maximum absolute atomic E-state index is 12.6. The Bertz CT molecular complexity index is 964. The Kier molecular flexibility index (Phi) is 8.02. The second-order valence-corrected chi connectivity index (χ2v) is 7.70. The molecule has 1 aliphatic carbocycles. The number of hydrogen-bond donors (Lipinski definition) is 3. The predicted octanol–water partition coefficient (Wildman–Crippen LogP) is 2.14. The van der Waals surface area contributed by atoms with Crippen LogP contribution in [0.4, 0.5) is 4.79 Å². The standard InChI is InChI=1S/C24H28N2O7/c1-14(31-2)21(22(27)25-12-20(32-3)23(28)29)26-24(30)33-13-19-17-10-6-4-8-15(17)16-9-5-7-11-18(16)19/h4-11,14,19-21H,12-13H2,1-3H3,(H,25,27)(H,26,30)(H,28,29). The summed E-state index contributed by atoms with van der Waals surface area (Å²) in [6, 6.07) is 14.9. The molecule has 0 saturated heterocycles. The van der Waals surface area contributed by atoms with Gasteiger partial charge in [-0.05, 0) is 29.2 Å². The van der Waals surface area contributed by atoms with E-state index >= 15 is 0 Å². The van der Waals surface area contributed by atoms with Crippen molar-refractivity contribution in [1.29, 1.82) is 0 Å². The van der Waals surface area contributed by atoms with Gasteiger partial charge in [-0.3, -0.25) is 4.79 Å². The highest BCUT2D eigenvalue weighted by Gasteiger charge is 2.31. The Labute approximate surface area is 192 Å². The van der Waals surface area contributed by atoms with Crippen LogP contribution in [0.5, 0.6) is 0 Å². The van der Waals surface area contributed by atoms with Gasteiger partial charge in [-0.2, -0.15) is 0 Å². The van der Waals surface area contributed by atoms with Crippen molar-refractivity contribution in [2.24, 2.45) is 0 Å². The topological polar surface area (TPSA) is 123 Å². The zero-order chi connectivity index (χ0) is 24.0. The van der Waals surface area contributed by atoms with Crippen LogP contribution in [0.2, 0.25) is 0 Å². The summed E-state index contributed by atoms with van der Waals surface area (Å²) < 4.78 is 15.5. The number of nitrogens with one attached hydrogen (secondary N) is 2. The highest BCUT2D eigenvalue weighted by molar-refractivity contribution is 5.87. The number of carboxylic acid groups (broad SMARTS) is 1. The molecule has 3 rings (SSSR count). The Morgan fingerprint density at radius 2 is 1.55 bits per heavy atom. The molecule has 2 aromatic carbocycles. The number of carbonyl (C=O) groups is 3. The van der Waals surface area contributed by atoms with Gasteiger partial charge in [0.25, 0.3) is 0 Å². The number of carboxylic acids is 1. The van der Waals surface area contributed by atoms with E-state index in [4.69, 9.17) is 19.3 Å². The fraction of sp³-hybridized carbons (Fsp3) is 0.375.